The van der Waals surface area contributed by atoms with E-state index in [1.165, 1.54) is 24.2 Å². The highest BCUT2D eigenvalue weighted by Crippen LogP contribution is 2.51. The molecule has 2 aromatic carbocycles. The number of anilines is 1. The van der Waals surface area contributed by atoms with Gasteiger partial charge in [-0.1, -0.05) is 45.0 Å². The average molecular weight is 448 g/mol. The Labute approximate surface area is 198 Å². The molecule has 2 unspecified atom stereocenters. The lowest BCUT2D eigenvalue weighted by molar-refractivity contribution is 0.0303. The molecule has 0 spiro atoms. The first-order valence-electron chi connectivity index (χ1n) is 12.4. The fourth-order valence-corrected chi connectivity index (χ4v) is 5.45. The zero-order valence-electron chi connectivity index (χ0n) is 20.2. The van der Waals surface area contributed by atoms with Crippen molar-refractivity contribution in [2.24, 2.45) is 17.8 Å². The van der Waals surface area contributed by atoms with E-state index in [0.717, 1.165) is 42.1 Å². The van der Waals surface area contributed by atoms with Crippen molar-refractivity contribution in [2.75, 3.05) is 51.3 Å². The van der Waals surface area contributed by atoms with Crippen LogP contribution in [0.3, 0.4) is 0 Å². The number of likely N-dealkylation sites (tertiary alicyclic amines) is 1. The fourth-order valence-electron chi connectivity index (χ4n) is 5.45. The third-order valence-corrected chi connectivity index (χ3v) is 7.65. The number of benzene rings is 2. The molecule has 1 amide bonds. The molecule has 33 heavy (non-hydrogen) atoms. The first kappa shape index (κ1) is 22.4. The molecule has 3 fully saturated rings. The molecule has 3 aliphatic rings. The van der Waals surface area contributed by atoms with E-state index in [2.05, 4.69) is 55.3 Å². The van der Waals surface area contributed by atoms with E-state index in [1.807, 2.05) is 29.2 Å². The van der Waals surface area contributed by atoms with Crippen LogP contribution in [0.25, 0.3) is 0 Å². The first-order chi connectivity index (χ1) is 15.9. The fraction of sp³-hybridized carbons (Fsp3) is 0.536. The number of carbonyl (C=O) groups is 1. The van der Waals surface area contributed by atoms with E-state index < -0.39 is 0 Å². The molecule has 1 aliphatic carbocycles. The molecular formula is C28H37N3O2. The molecule has 2 aromatic rings. The van der Waals surface area contributed by atoms with Gasteiger partial charge in [0.1, 0.15) is 0 Å². The largest absolute Gasteiger partial charge is 0.385 e. The lowest BCUT2D eigenvalue weighted by Gasteiger charge is -2.26. The van der Waals surface area contributed by atoms with E-state index >= 15 is 0 Å². The molecule has 2 heterocycles. The minimum atomic E-state index is 0.106. The average Bonchev–Trinajstić information content (AvgIpc) is 3.28. The third kappa shape index (κ3) is 5.10. The summed E-state index contributed by atoms with van der Waals surface area (Å²) in [5, 5.41) is 3.60. The summed E-state index contributed by atoms with van der Waals surface area (Å²) in [6.45, 7) is 14.0. The summed E-state index contributed by atoms with van der Waals surface area (Å²) < 4.78 is 5.34. The van der Waals surface area contributed by atoms with Gasteiger partial charge in [-0.15, -0.1) is 0 Å². The first-order valence-corrected chi connectivity index (χ1v) is 12.4. The Bertz CT molecular complexity index is 946. The number of carbonyl (C=O) groups excluding carboxylic acids is 1. The van der Waals surface area contributed by atoms with Gasteiger partial charge in [-0.25, -0.2) is 0 Å². The number of hydrogen-bond donors (Lipinski definition) is 1. The van der Waals surface area contributed by atoms with Crippen molar-refractivity contribution < 1.29 is 9.53 Å². The van der Waals surface area contributed by atoms with Gasteiger partial charge < -0.3 is 15.0 Å². The van der Waals surface area contributed by atoms with Gasteiger partial charge in [-0.2, -0.15) is 0 Å². The van der Waals surface area contributed by atoms with E-state index in [9.17, 15) is 4.79 Å². The molecule has 0 aromatic heterocycles. The maximum absolute atomic E-state index is 12.6. The second-order valence-corrected chi connectivity index (χ2v) is 11.0. The van der Waals surface area contributed by atoms with E-state index in [0.29, 0.717) is 26.3 Å². The highest BCUT2D eigenvalue weighted by atomic mass is 16.5. The predicted octanol–water partition coefficient (Wildman–Crippen LogP) is 4.25. The van der Waals surface area contributed by atoms with Crippen LogP contribution >= 0.6 is 0 Å². The summed E-state index contributed by atoms with van der Waals surface area (Å²) in [5.74, 6) is 2.54. The van der Waals surface area contributed by atoms with E-state index in [4.69, 9.17) is 4.74 Å². The number of nitrogens with zero attached hydrogens (tertiary/aromatic N) is 2. The number of ether oxygens (including phenoxy) is 1. The number of fused-ring (bicyclic) bond motifs is 1. The molecule has 2 saturated heterocycles. The number of morpholine rings is 1. The zero-order valence-corrected chi connectivity index (χ0v) is 20.2. The molecule has 5 heteroatoms. The summed E-state index contributed by atoms with van der Waals surface area (Å²) in [6, 6.07) is 17.2. The maximum atomic E-state index is 12.6. The normalized spacial score (nSPS) is 25.1. The van der Waals surface area contributed by atoms with Gasteiger partial charge in [0.25, 0.3) is 5.91 Å². The molecule has 2 aliphatic heterocycles. The summed E-state index contributed by atoms with van der Waals surface area (Å²) >= 11 is 0. The SMILES string of the molecule is CC(C)(C)c1ccc(CN2CC3C(CNc4ccc(C(=O)N5CCOCC5)cc4)C3C2)cc1. The standard InChI is InChI=1S/C28H37N3O2/c1-28(2,3)22-8-4-20(5-9-22)17-30-18-25-24(26(25)19-30)16-29-23-10-6-21(7-11-23)27(32)31-12-14-33-15-13-31/h4-11,24-26,29H,12-19H2,1-3H3. The van der Waals surface area contributed by atoms with Crippen molar-refractivity contribution in [3.63, 3.8) is 0 Å². The van der Waals surface area contributed by atoms with Gasteiger partial charge in [-0.05, 0) is 58.6 Å². The van der Waals surface area contributed by atoms with Crippen LogP contribution in [0.2, 0.25) is 0 Å². The van der Waals surface area contributed by atoms with Crippen LogP contribution in [-0.2, 0) is 16.7 Å². The van der Waals surface area contributed by atoms with Crippen LogP contribution in [0.4, 0.5) is 5.69 Å². The molecule has 2 atom stereocenters. The molecule has 0 bridgehead atoms. The number of hydrogen-bond acceptors (Lipinski definition) is 4. The second kappa shape index (κ2) is 9.11. The van der Waals surface area contributed by atoms with Crippen molar-refractivity contribution in [1.82, 2.24) is 9.80 Å². The van der Waals surface area contributed by atoms with Crippen molar-refractivity contribution in [3.8, 4) is 0 Å². The van der Waals surface area contributed by atoms with Crippen LogP contribution < -0.4 is 5.32 Å². The van der Waals surface area contributed by atoms with Crippen molar-refractivity contribution in [2.45, 2.75) is 32.7 Å². The molecule has 1 N–H and O–H groups in total. The molecule has 5 nitrogen and oxygen atoms in total. The summed E-state index contributed by atoms with van der Waals surface area (Å²) in [6.07, 6.45) is 0. The molecule has 176 valence electrons. The Balaban J connectivity index is 1.06. The van der Waals surface area contributed by atoms with Gasteiger partial charge in [0, 0.05) is 50.5 Å². The quantitative estimate of drug-likeness (QED) is 0.719. The molecule has 0 radical (unpaired) electrons. The number of rotatable bonds is 6. The number of amides is 1. The van der Waals surface area contributed by atoms with Gasteiger partial charge in [0.2, 0.25) is 0 Å². The summed E-state index contributed by atoms with van der Waals surface area (Å²) in [4.78, 5) is 17.1. The molecule has 1 saturated carbocycles. The number of piperidine rings is 1. The van der Waals surface area contributed by atoms with Crippen molar-refractivity contribution in [1.29, 1.82) is 0 Å². The van der Waals surface area contributed by atoms with Crippen molar-refractivity contribution >= 4 is 11.6 Å². The summed E-state index contributed by atoms with van der Waals surface area (Å²) in [7, 11) is 0. The summed E-state index contributed by atoms with van der Waals surface area (Å²) in [5.41, 5.74) is 4.91. The Kier molecular flexibility index (Phi) is 6.19. The van der Waals surface area contributed by atoms with Crippen LogP contribution in [-0.4, -0.2) is 61.6 Å². The van der Waals surface area contributed by atoms with Gasteiger partial charge in [0.15, 0.2) is 0 Å². The smallest absolute Gasteiger partial charge is 0.254 e. The Morgan fingerprint density at radius 1 is 0.970 bits per heavy atom. The minimum Gasteiger partial charge on any atom is -0.385 e. The van der Waals surface area contributed by atoms with Crippen molar-refractivity contribution in [3.05, 3.63) is 65.2 Å². The Morgan fingerprint density at radius 3 is 2.21 bits per heavy atom. The lowest BCUT2D eigenvalue weighted by Crippen LogP contribution is -2.40. The topological polar surface area (TPSA) is 44.8 Å². The Morgan fingerprint density at radius 2 is 1.61 bits per heavy atom. The third-order valence-electron chi connectivity index (χ3n) is 7.65. The molecular weight excluding hydrogens is 410 g/mol. The van der Waals surface area contributed by atoms with Crippen LogP contribution in [0.15, 0.2) is 48.5 Å². The monoisotopic (exact) mass is 447 g/mol. The van der Waals surface area contributed by atoms with E-state index in [-0.39, 0.29) is 11.3 Å². The highest BCUT2D eigenvalue weighted by molar-refractivity contribution is 5.94. The highest BCUT2D eigenvalue weighted by Gasteiger charge is 2.54. The van der Waals surface area contributed by atoms with Gasteiger partial charge >= 0.3 is 0 Å². The minimum absolute atomic E-state index is 0.106. The molecule has 5 rings (SSSR count). The predicted molar refractivity (Wildman–Crippen MR) is 133 cm³/mol. The van der Waals surface area contributed by atoms with E-state index in [1.54, 1.807) is 0 Å². The van der Waals surface area contributed by atoms with Gasteiger partial charge in [0.05, 0.1) is 13.2 Å². The van der Waals surface area contributed by atoms with Crippen LogP contribution in [0.5, 0.6) is 0 Å². The van der Waals surface area contributed by atoms with Gasteiger partial charge in [-0.3, -0.25) is 9.69 Å². The second-order valence-electron chi connectivity index (χ2n) is 11.0. The van der Waals surface area contributed by atoms with Crippen LogP contribution in [0.1, 0.15) is 42.3 Å². The maximum Gasteiger partial charge on any atom is 0.254 e. The number of nitrogens with one attached hydrogen (secondary N) is 1. The lowest BCUT2D eigenvalue weighted by atomic mass is 9.87. The zero-order chi connectivity index (χ0) is 23.0. The van der Waals surface area contributed by atoms with Crippen LogP contribution in [0, 0.1) is 17.8 Å². The Hall–Kier alpha value is -2.37.